The predicted octanol–water partition coefficient (Wildman–Crippen LogP) is 4.50. The largest absolute Gasteiger partial charge is 0.471 e. The van der Waals surface area contributed by atoms with E-state index in [0.29, 0.717) is 11.9 Å². The maximum absolute atomic E-state index is 6.01. The summed E-state index contributed by atoms with van der Waals surface area (Å²) in [6, 6.07) is 10.3. The SMILES string of the molecule is CC(C)(C)Oc1ncc(-c2ccccc2)c(OC(C)(C)C)n1. The third-order valence-electron chi connectivity index (χ3n) is 2.62. The van der Waals surface area contributed by atoms with Crippen LogP contribution in [0.3, 0.4) is 0 Å². The summed E-state index contributed by atoms with van der Waals surface area (Å²) in [6.07, 6.45) is 1.75. The van der Waals surface area contributed by atoms with Crippen LogP contribution in [0.15, 0.2) is 36.5 Å². The summed E-state index contributed by atoms with van der Waals surface area (Å²) in [7, 11) is 0. The Labute approximate surface area is 132 Å². The summed E-state index contributed by atoms with van der Waals surface area (Å²) in [5, 5.41) is 0. The van der Waals surface area contributed by atoms with Crippen LogP contribution in [-0.4, -0.2) is 21.2 Å². The molecule has 0 atom stereocenters. The van der Waals surface area contributed by atoms with Gasteiger partial charge in [-0.15, -0.1) is 0 Å². The lowest BCUT2D eigenvalue weighted by Gasteiger charge is -2.24. The Balaban J connectivity index is 2.45. The molecule has 1 aromatic carbocycles. The third kappa shape index (κ3) is 4.72. The first-order valence-electron chi connectivity index (χ1n) is 7.44. The summed E-state index contributed by atoms with van der Waals surface area (Å²) in [6.45, 7) is 11.9. The van der Waals surface area contributed by atoms with Gasteiger partial charge in [0.15, 0.2) is 0 Å². The van der Waals surface area contributed by atoms with Crippen LogP contribution in [0.5, 0.6) is 11.9 Å². The van der Waals surface area contributed by atoms with Crippen LogP contribution in [0.2, 0.25) is 0 Å². The average Bonchev–Trinajstić information content (AvgIpc) is 2.36. The van der Waals surface area contributed by atoms with Gasteiger partial charge in [-0.25, -0.2) is 4.98 Å². The zero-order chi connectivity index (χ0) is 16.4. The summed E-state index contributed by atoms with van der Waals surface area (Å²) < 4.78 is 11.8. The molecule has 118 valence electrons. The van der Waals surface area contributed by atoms with E-state index in [9.17, 15) is 0 Å². The van der Waals surface area contributed by atoms with E-state index in [4.69, 9.17) is 9.47 Å². The van der Waals surface area contributed by atoms with E-state index in [-0.39, 0.29) is 11.2 Å². The highest BCUT2D eigenvalue weighted by Gasteiger charge is 2.20. The van der Waals surface area contributed by atoms with Gasteiger partial charge in [-0.1, -0.05) is 30.3 Å². The fourth-order valence-corrected chi connectivity index (χ4v) is 1.86. The van der Waals surface area contributed by atoms with Gasteiger partial charge in [0, 0.05) is 6.20 Å². The molecule has 0 aliphatic rings. The summed E-state index contributed by atoms with van der Waals surface area (Å²) in [5.41, 5.74) is 1.17. The van der Waals surface area contributed by atoms with Gasteiger partial charge >= 0.3 is 6.01 Å². The molecule has 22 heavy (non-hydrogen) atoms. The highest BCUT2D eigenvalue weighted by Crippen LogP contribution is 2.31. The number of aromatic nitrogens is 2. The quantitative estimate of drug-likeness (QED) is 0.837. The lowest BCUT2D eigenvalue weighted by atomic mass is 10.1. The molecule has 0 spiro atoms. The monoisotopic (exact) mass is 300 g/mol. The molecule has 0 saturated carbocycles. The minimum atomic E-state index is -0.354. The second kappa shape index (κ2) is 5.95. The van der Waals surface area contributed by atoms with Crippen LogP contribution in [-0.2, 0) is 0 Å². The van der Waals surface area contributed by atoms with Crippen LogP contribution < -0.4 is 9.47 Å². The highest BCUT2D eigenvalue weighted by atomic mass is 16.5. The standard InChI is InChI=1S/C18H24N2O2/c1-17(2,3)21-15-14(13-10-8-7-9-11-13)12-19-16(20-15)22-18(4,5)6/h7-12H,1-6H3. The Morgan fingerprint density at radius 2 is 1.41 bits per heavy atom. The summed E-state index contributed by atoms with van der Waals surface area (Å²) in [5.74, 6) is 0.535. The Hall–Kier alpha value is -2.10. The van der Waals surface area contributed by atoms with E-state index in [1.165, 1.54) is 0 Å². The van der Waals surface area contributed by atoms with Gasteiger partial charge in [0.2, 0.25) is 5.88 Å². The van der Waals surface area contributed by atoms with Gasteiger partial charge in [-0.2, -0.15) is 4.98 Å². The van der Waals surface area contributed by atoms with Crippen molar-refractivity contribution in [3.63, 3.8) is 0 Å². The van der Waals surface area contributed by atoms with Gasteiger partial charge in [-0.05, 0) is 47.1 Å². The molecule has 0 N–H and O–H groups in total. The van der Waals surface area contributed by atoms with Crippen molar-refractivity contribution in [3.05, 3.63) is 36.5 Å². The first kappa shape index (κ1) is 16.3. The molecular weight excluding hydrogens is 276 g/mol. The van der Waals surface area contributed by atoms with Crippen molar-refractivity contribution >= 4 is 0 Å². The highest BCUT2D eigenvalue weighted by molar-refractivity contribution is 5.67. The van der Waals surface area contributed by atoms with Crippen molar-refractivity contribution in [3.8, 4) is 23.0 Å². The second-order valence-corrected chi connectivity index (χ2v) is 7.17. The number of rotatable bonds is 3. The molecule has 2 rings (SSSR count). The molecule has 0 aliphatic heterocycles. The first-order chi connectivity index (χ1) is 10.1. The molecular formula is C18H24N2O2. The minimum absolute atomic E-state index is 0.325. The van der Waals surface area contributed by atoms with Crippen molar-refractivity contribution in [2.45, 2.75) is 52.7 Å². The summed E-state index contributed by atoms with van der Waals surface area (Å²) >= 11 is 0. The zero-order valence-corrected chi connectivity index (χ0v) is 14.2. The zero-order valence-electron chi connectivity index (χ0n) is 14.2. The van der Waals surface area contributed by atoms with Crippen molar-refractivity contribution in [2.75, 3.05) is 0 Å². The minimum Gasteiger partial charge on any atom is -0.471 e. The van der Waals surface area contributed by atoms with Gasteiger partial charge in [0.05, 0.1) is 5.56 Å². The molecule has 0 amide bonds. The molecule has 0 radical (unpaired) electrons. The van der Waals surface area contributed by atoms with E-state index in [1.54, 1.807) is 6.20 Å². The van der Waals surface area contributed by atoms with Crippen LogP contribution in [0, 0.1) is 0 Å². The molecule has 0 fully saturated rings. The van der Waals surface area contributed by atoms with Gasteiger partial charge in [0.25, 0.3) is 0 Å². The number of ether oxygens (including phenoxy) is 2. The molecule has 0 bridgehead atoms. The van der Waals surface area contributed by atoms with Crippen LogP contribution in [0.4, 0.5) is 0 Å². The molecule has 4 heteroatoms. The molecule has 0 saturated heterocycles. The molecule has 0 unspecified atom stereocenters. The topological polar surface area (TPSA) is 44.2 Å². The number of hydrogen-bond acceptors (Lipinski definition) is 4. The normalized spacial score (nSPS) is 12.1. The van der Waals surface area contributed by atoms with E-state index < -0.39 is 0 Å². The third-order valence-corrected chi connectivity index (χ3v) is 2.62. The maximum Gasteiger partial charge on any atom is 0.320 e. The molecule has 4 nitrogen and oxygen atoms in total. The Kier molecular flexibility index (Phi) is 4.40. The number of hydrogen-bond donors (Lipinski definition) is 0. The fourth-order valence-electron chi connectivity index (χ4n) is 1.86. The molecule has 0 aliphatic carbocycles. The van der Waals surface area contributed by atoms with Gasteiger partial charge < -0.3 is 9.47 Å². The van der Waals surface area contributed by atoms with E-state index in [1.807, 2.05) is 71.9 Å². The smallest absolute Gasteiger partial charge is 0.320 e. The van der Waals surface area contributed by atoms with Gasteiger partial charge in [0.1, 0.15) is 11.2 Å². The van der Waals surface area contributed by atoms with Crippen molar-refractivity contribution in [1.29, 1.82) is 0 Å². The number of nitrogens with zero attached hydrogens (tertiary/aromatic N) is 2. The van der Waals surface area contributed by atoms with Crippen LogP contribution in [0.25, 0.3) is 11.1 Å². The average molecular weight is 300 g/mol. The first-order valence-corrected chi connectivity index (χ1v) is 7.44. The second-order valence-electron chi connectivity index (χ2n) is 7.17. The molecule has 2 aromatic rings. The predicted molar refractivity (Wildman–Crippen MR) is 88.2 cm³/mol. The van der Waals surface area contributed by atoms with Crippen LogP contribution in [0.1, 0.15) is 41.5 Å². The Bertz CT molecular complexity index is 626. The van der Waals surface area contributed by atoms with Gasteiger partial charge in [-0.3, -0.25) is 0 Å². The van der Waals surface area contributed by atoms with E-state index in [2.05, 4.69) is 9.97 Å². The van der Waals surface area contributed by atoms with Crippen molar-refractivity contribution in [1.82, 2.24) is 9.97 Å². The maximum atomic E-state index is 6.01. The molecule has 1 aromatic heterocycles. The van der Waals surface area contributed by atoms with E-state index in [0.717, 1.165) is 11.1 Å². The van der Waals surface area contributed by atoms with Crippen molar-refractivity contribution in [2.24, 2.45) is 0 Å². The Morgan fingerprint density at radius 1 is 0.818 bits per heavy atom. The molecule has 1 heterocycles. The Morgan fingerprint density at radius 3 is 1.95 bits per heavy atom. The van der Waals surface area contributed by atoms with Crippen LogP contribution >= 0.6 is 0 Å². The van der Waals surface area contributed by atoms with E-state index >= 15 is 0 Å². The lowest BCUT2D eigenvalue weighted by Crippen LogP contribution is -2.26. The number of benzene rings is 1. The summed E-state index contributed by atoms with van der Waals surface area (Å²) in [4.78, 5) is 8.78. The lowest BCUT2D eigenvalue weighted by molar-refractivity contribution is 0.103. The fraction of sp³-hybridized carbons (Fsp3) is 0.444. The van der Waals surface area contributed by atoms with Crippen molar-refractivity contribution < 1.29 is 9.47 Å².